The Balaban J connectivity index is 1.26. The molecule has 0 radical (unpaired) electrons. The average Bonchev–Trinajstić information content (AvgIpc) is 3.53. The zero-order valence-corrected chi connectivity index (χ0v) is 24.2. The summed E-state index contributed by atoms with van der Waals surface area (Å²) in [7, 11) is 0. The van der Waals surface area contributed by atoms with E-state index in [4.69, 9.17) is 11.3 Å². The molecule has 0 bridgehead atoms. The average molecular weight is 578 g/mol. The van der Waals surface area contributed by atoms with Crippen LogP contribution in [0.2, 0.25) is 0 Å². The van der Waals surface area contributed by atoms with Gasteiger partial charge in [-0.1, -0.05) is 139 Å². The molecule has 210 valence electrons. The first kappa shape index (κ1) is 20.9. The number of furan rings is 1. The maximum absolute atomic E-state index is 8.60. The molecule has 0 aliphatic rings. The van der Waals surface area contributed by atoms with Crippen LogP contribution < -0.4 is 0 Å². The van der Waals surface area contributed by atoms with Crippen molar-refractivity contribution in [3.05, 3.63) is 170 Å². The predicted molar refractivity (Wildman–Crippen MR) is 190 cm³/mol. The van der Waals surface area contributed by atoms with Gasteiger partial charge in [0.25, 0.3) is 0 Å². The fourth-order valence-electron chi connectivity index (χ4n) is 6.72. The maximum atomic E-state index is 8.60. The zero-order chi connectivity index (χ0) is 34.1. The summed E-state index contributed by atoms with van der Waals surface area (Å²) in [5, 5.41) is 6.42. The van der Waals surface area contributed by atoms with E-state index in [9.17, 15) is 0 Å². The molecule has 0 aliphatic heterocycles. The minimum atomic E-state index is -0.397. The molecule has 1 nitrogen and oxygen atoms in total. The fourth-order valence-corrected chi connectivity index (χ4v) is 6.72. The van der Waals surface area contributed by atoms with E-state index in [1.54, 1.807) is 0 Å². The van der Waals surface area contributed by atoms with E-state index in [-0.39, 0.29) is 29.7 Å². The second-order valence-corrected chi connectivity index (χ2v) is 11.3. The quantitative estimate of drug-likeness (QED) is 0.190. The van der Waals surface area contributed by atoms with Crippen LogP contribution in [0, 0.1) is 0 Å². The van der Waals surface area contributed by atoms with Crippen LogP contribution in [0.4, 0.5) is 0 Å². The van der Waals surface area contributed by atoms with E-state index >= 15 is 0 Å². The van der Waals surface area contributed by atoms with Crippen LogP contribution in [0.15, 0.2) is 174 Å². The van der Waals surface area contributed by atoms with E-state index in [1.807, 2.05) is 54.6 Å². The van der Waals surface area contributed by atoms with Gasteiger partial charge in [-0.05, 0) is 96.4 Å². The fraction of sp³-hybridized carbons (Fsp3) is 0. The first-order valence-corrected chi connectivity index (χ1v) is 15.0. The van der Waals surface area contributed by atoms with Crippen LogP contribution in [0.5, 0.6) is 0 Å². The molecule has 0 spiro atoms. The van der Waals surface area contributed by atoms with Crippen LogP contribution in [-0.4, -0.2) is 0 Å². The van der Waals surface area contributed by atoms with Gasteiger partial charge in [-0.2, -0.15) is 0 Å². The largest absolute Gasteiger partial charge is 0.456 e. The van der Waals surface area contributed by atoms with Gasteiger partial charge in [-0.15, -0.1) is 0 Å². The summed E-state index contributed by atoms with van der Waals surface area (Å²) in [6.45, 7) is 0. The lowest BCUT2D eigenvalue weighted by Gasteiger charge is -2.18. The van der Waals surface area contributed by atoms with Crippen LogP contribution in [0.25, 0.3) is 88.0 Å². The van der Waals surface area contributed by atoms with E-state index in [0.29, 0.717) is 5.56 Å². The molecule has 45 heavy (non-hydrogen) atoms. The first-order valence-electron chi connectivity index (χ1n) is 17.5. The molecule has 1 heteroatoms. The molecule has 0 fully saturated rings. The molecule has 1 heterocycles. The van der Waals surface area contributed by atoms with Crippen molar-refractivity contribution >= 4 is 43.5 Å². The van der Waals surface area contributed by atoms with E-state index in [2.05, 4.69) is 84.9 Å². The van der Waals surface area contributed by atoms with E-state index in [1.165, 1.54) is 0 Å². The van der Waals surface area contributed by atoms with Gasteiger partial charge < -0.3 is 4.42 Å². The lowest BCUT2D eigenvalue weighted by molar-refractivity contribution is 0.669. The number of fused-ring (bicyclic) bond motifs is 5. The lowest BCUT2D eigenvalue weighted by Crippen LogP contribution is -1.91. The van der Waals surface area contributed by atoms with Crippen molar-refractivity contribution in [2.24, 2.45) is 0 Å². The summed E-state index contributed by atoms with van der Waals surface area (Å²) < 4.78 is 48.1. The molecule has 9 aromatic rings. The van der Waals surface area contributed by atoms with Gasteiger partial charge in [0.05, 0.1) is 6.85 Å². The SMILES string of the molecule is [2H]c1c([2H])c([2H])c(-c2cccc(-c3c4ccccc4c(-c4ccc5oc6cc(-c7ccccc7)ccc6c5c4)c4ccccc34)c2)c([2H])c1[2H]. The van der Waals surface area contributed by atoms with Gasteiger partial charge in [-0.25, -0.2) is 0 Å². The molecule has 0 saturated carbocycles. The van der Waals surface area contributed by atoms with Crippen molar-refractivity contribution in [1.29, 1.82) is 0 Å². The van der Waals surface area contributed by atoms with Crippen molar-refractivity contribution in [3.63, 3.8) is 0 Å². The first-order chi connectivity index (χ1) is 24.4. The Morgan fingerprint density at radius 1 is 0.333 bits per heavy atom. The normalized spacial score (nSPS) is 13.1. The molecule has 0 N–H and O–H groups in total. The van der Waals surface area contributed by atoms with Crippen LogP contribution >= 0.6 is 0 Å². The van der Waals surface area contributed by atoms with E-state index in [0.717, 1.165) is 76.9 Å². The Morgan fingerprint density at radius 2 is 0.889 bits per heavy atom. The van der Waals surface area contributed by atoms with Gasteiger partial charge in [0.1, 0.15) is 11.2 Å². The molecule has 0 saturated heterocycles. The van der Waals surface area contributed by atoms with Gasteiger partial charge in [-0.3, -0.25) is 0 Å². The summed E-state index contributed by atoms with van der Waals surface area (Å²) in [5.41, 5.74) is 8.84. The second kappa shape index (κ2) is 10.4. The van der Waals surface area contributed by atoms with Crippen molar-refractivity contribution in [2.45, 2.75) is 0 Å². The highest BCUT2D eigenvalue weighted by Crippen LogP contribution is 2.45. The Bertz CT molecular complexity index is 2730. The Kier molecular flexibility index (Phi) is 4.81. The number of hydrogen-bond donors (Lipinski definition) is 0. The Hall–Kier alpha value is -5.92. The Morgan fingerprint density at radius 3 is 1.58 bits per heavy atom. The summed E-state index contributed by atoms with van der Waals surface area (Å²) in [6, 6.07) is 46.1. The molecule has 8 aromatic carbocycles. The van der Waals surface area contributed by atoms with Crippen molar-refractivity contribution in [3.8, 4) is 44.5 Å². The number of hydrogen-bond acceptors (Lipinski definition) is 1. The molecule has 1 aromatic heterocycles. The minimum Gasteiger partial charge on any atom is -0.456 e. The maximum Gasteiger partial charge on any atom is 0.136 e. The van der Waals surface area contributed by atoms with Crippen LogP contribution in [-0.2, 0) is 0 Å². The third-order valence-electron chi connectivity index (χ3n) is 8.74. The summed E-state index contributed by atoms with van der Waals surface area (Å²) in [4.78, 5) is 0. The molecule has 0 amide bonds. The van der Waals surface area contributed by atoms with Crippen LogP contribution in [0.3, 0.4) is 0 Å². The molecular weight excluding hydrogens is 544 g/mol. The number of benzene rings is 8. The Labute approximate surface area is 268 Å². The van der Waals surface area contributed by atoms with Gasteiger partial charge in [0.2, 0.25) is 0 Å². The minimum absolute atomic E-state index is 0.194. The summed E-state index contributed by atoms with van der Waals surface area (Å²) >= 11 is 0. The highest BCUT2D eigenvalue weighted by atomic mass is 16.3. The highest BCUT2D eigenvalue weighted by Gasteiger charge is 2.18. The monoisotopic (exact) mass is 577 g/mol. The molecule has 9 rings (SSSR count). The lowest BCUT2D eigenvalue weighted by atomic mass is 9.85. The van der Waals surface area contributed by atoms with Gasteiger partial charge in [0, 0.05) is 10.8 Å². The second-order valence-electron chi connectivity index (χ2n) is 11.3. The summed E-state index contributed by atoms with van der Waals surface area (Å²) in [5.74, 6) is 0. The molecule has 0 unspecified atom stereocenters. The zero-order valence-electron chi connectivity index (χ0n) is 29.2. The molecular formula is C44H28O. The van der Waals surface area contributed by atoms with Crippen molar-refractivity contribution in [2.75, 3.05) is 0 Å². The van der Waals surface area contributed by atoms with Crippen molar-refractivity contribution < 1.29 is 11.3 Å². The smallest absolute Gasteiger partial charge is 0.136 e. The standard InChI is InChI=1S/C44H28O/c1-3-12-29(13-4-1)31-16-11-17-33(26-31)43-36-18-7-9-20-38(36)44(39-21-10-8-19-37(39)43)34-23-25-41-40(27-34)35-24-22-32(28-42(35)45-41)30-14-5-2-6-15-30/h1-28H/i1D,3D,4D,12D,13D. The van der Waals surface area contributed by atoms with Crippen LogP contribution in [0.1, 0.15) is 6.85 Å². The van der Waals surface area contributed by atoms with E-state index < -0.39 is 6.04 Å². The van der Waals surface area contributed by atoms with Gasteiger partial charge in [0.15, 0.2) is 0 Å². The molecule has 0 atom stereocenters. The number of rotatable bonds is 4. The van der Waals surface area contributed by atoms with Gasteiger partial charge >= 0.3 is 0 Å². The topological polar surface area (TPSA) is 13.1 Å². The third kappa shape index (κ3) is 4.24. The third-order valence-corrected chi connectivity index (χ3v) is 8.74. The summed E-state index contributed by atoms with van der Waals surface area (Å²) in [6.07, 6.45) is 0. The highest BCUT2D eigenvalue weighted by molar-refractivity contribution is 6.22. The van der Waals surface area contributed by atoms with Crippen molar-refractivity contribution in [1.82, 2.24) is 0 Å². The molecule has 0 aliphatic carbocycles. The predicted octanol–water partition coefficient (Wildman–Crippen LogP) is 12.6.